The number of fused-ring (bicyclic) bond motifs is 5. The molecule has 4 aliphatic carbocycles. The lowest BCUT2D eigenvalue weighted by atomic mass is 9.47. The fraction of sp³-hybridized carbons (Fsp3) is 0.725. The minimum absolute atomic E-state index is 0.00694. The zero-order chi connectivity index (χ0) is 33.6. The van der Waals surface area contributed by atoms with E-state index in [4.69, 9.17) is 10.5 Å². The summed E-state index contributed by atoms with van der Waals surface area (Å²) in [5, 5.41) is 0. The minimum atomic E-state index is -0.138. The van der Waals surface area contributed by atoms with Gasteiger partial charge >= 0.3 is 5.97 Å². The lowest BCUT2D eigenvalue weighted by Gasteiger charge is -2.58. The number of carbonyl (C=O) groups is 1. The molecule has 3 fully saturated rings. The van der Waals surface area contributed by atoms with Gasteiger partial charge in [0.05, 0.1) is 11.6 Å². The smallest absolute Gasteiger partial charge is 0.309 e. The SMILES string of the molecule is CCC(Cc1c(I)cc(I)c(N)c1I)C(=O)O[C@H]1CC[C@@]2(C)C(=CCC3C2CC[C@@]2(C)C3CC[C@@H]2[C@H](C)/C=C/[C@@H](CC)C(C)C)C1. The van der Waals surface area contributed by atoms with Gasteiger partial charge in [0.2, 0.25) is 0 Å². The van der Waals surface area contributed by atoms with Crippen molar-refractivity contribution in [2.45, 2.75) is 125 Å². The second-order valence-electron chi connectivity index (χ2n) is 16.2. The third-order valence-corrected chi connectivity index (χ3v) is 16.7. The monoisotopic (exact) mass is 965 g/mol. The predicted octanol–water partition coefficient (Wildman–Crippen LogP) is 12.0. The molecule has 0 aromatic heterocycles. The van der Waals surface area contributed by atoms with Gasteiger partial charge in [0.1, 0.15) is 6.10 Å². The molecule has 5 rings (SSSR count). The lowest BCUT2D eigenvalue weighted by Crippen LogP contribution is -2.51. The molecule has 1 aromatic carbocycles. The molecule has 3 saturated carbocycles. The number of hydrogen-bond acceptors (Lipinski definition) is 3. The molecule has 46 heavy (non-hydrogen) atoms. The van der Waals surface area contributed by atoms with Crippen LogP contribution in [0.5, 0.6) is 0 Å². The molecular formula is C40H58I3NO2. The Morgan fingerprint density at radius 2 is 1.74 bits per heavy atom. The van der Waals surface area contributed by atoms with E-state index in [0.717, 1.165) is 68.1 Å². The molecule has 4 unspecified atom stereocenters. The van der Waals surface area contributed by atoms with Gasteiger partial charge in [-0.1, -0.05) is 72.3 Å². The number of hydrogen-bond donors (Lipinski definition) is 1. The van der Waals surface area contributed by atoms with Crippen LogP contribution in [-0.4, -0.2) is 12.1 Å². The number of anilines is 1. The fourth-order valence-electron chi connectivity index (χ4n) is 10.7. The number of allylic oxidation sites excluding steroid dienone is 3. The summed E-state index contributed by atoms with van der Waals surface area (Å²) in [6.07, 6.45) is 20.3. The van der Waals surface area contributed by atoms with E-state index in [1.54, 1.807) is 5.57 Å². The van der Waals surface area contributed by atoms with E-state index in [1.807, 2.05) is 0 Å². The van der Waals surface area contributed by atoms with E-state index in [0.29, 0.717) is 23.7 Å². The first-order chi connectivity index (χ1) is 21.7. The summed E-state index contributed by atoms with van der Waals surface area (Å²) in [4.78, 5) is 13.6. The molecule has 3 nitrogen and oxygen atoms in total. The zero-order valence-electron chi connectivity index (χ0n) is 29.3. The van der Waals surface area contributed by atoms with Gasteiger partial charge < -0.3 is 10.5 Å². The summed E-state index contributed by atoms with van der Waals surface area (Å²) in [5.41, 5.74) is 10.7. The van der Waals surface area contributed by atoms with Crippen LogP contribution in [0.3, 0.4) is 0 Å². The molecule has 0 saturated heterocycles. The standard InChI is InChI=1S/C40H58I3NO2/c1-8-25(23(3)4)11-10-24(5)31-14-15-32-29-13-12-27-21-28(16-18-39(27,6)33(29)17-19-40(31,32)7)46-38(45)26(9-2)20-30-34(41)22-35(42)37(44)36(30)43/h10-12,22-26,28-29,31-33H,8-9,13-21,44H2,1-7H3/b11-10+/t24-,25-,26?,28+,29?,31-,32?,33?,39+,40-/m1/s1. The van der Waals surface area contributed by atoms with Crippen LogP contribution in [0.15, 0.2) is 29.9 Å². The van der Waals surface area contributed by atoms with Gasteiger partial charge in [-0.2, -0.15) is 0 Å². The van der Waals surface area contributed by atoms with Gasteiger partial charge in [0.25, 0.3) is 0 Å². The summed E-state index contributed by atoms with van der Waals surface area (Å²) < 4.78 is 9.68. The summed E-state index contributed by atoms with van der Waals surface area (Å²) in [6, 6.07) is 2.13. The van der Waals surface area contributed by atoms with Crippen molar-refractivity contribution in [2.75, 3.05) is 5.73 Å². The Labute approximate surface area is 321 Å². The molecule has 4 aliphatic rings. The van der Waals surface area contributed by atoms with E-state index in [9.17, 15) is 4.79 Å². The second kappa shape index (κ2) is 15.2. The van der Waals surface area contributed by atoms with Gasteiger partial charge in [-0.15, -0.1) is 0 Å². The number of rotatable bonds is 10. The van der Waals surface area contributed by atoms with Crippen LogP contribution in [0, 0.1) is 68.9 Å². The maximum absolute atomic E-state index is 13.6. The quantitative estimate of drug-likeness (QED) is 0.110. The first-order valence-electron chi connectivity index (χ1n) is 18.2. The number of ether oxygens (including phenoxy) is 1. The molecule has 0 radical (unpaired) electrons. The molecule has 0 heterocycles. The van der Waals surface area contributed by atoms with E-state index < -0.39 is 0 Å². The van der Waals surface area contributed by atoms with Gasteiger partial charge in [0, 0.05) is 17.1 Å². The molecular weight excluding hydrogens is 907 g/mol. The maximum atomic E-state index is 13.6. The highest BCUT2D eigenvalue weighted by Crippen LogP contribution is 2.67. The Balaban J connectivity index is 1.24. The largest absolute Gasteiger partial charge is 0.462 e. The molecule has 2 N–H and O–H groups in total. The van der Waals surface area contributed by atoms with Crippen LogP contribution in [0.1, 0.15) is 118 Å². The fourth-order valence-corrected chi connectivity index (χ4v) is 14.5. The van der Waals surface area contributed by atoms with Gasteiger partial charge in [-0.25, -0.2) is 0 Å². The summed E-state index contributed by atoms with van der Waals surface area (Å²) in [5.74, 6) is 5.15. The van der Waals surface area contributed by atoms with E-state index in [1.165, 1.54) is 47.7 Å². The highest BCUT2D eigenvalue weighted by Gasteiger charge is 2.59. The number of benzene rings is 1. The lowest BCUT2D eigenvalue weighted by molar-refractivity contribution is -0.156. The Bertz CT molecular complexity index is 1340. The third kappa shape index (κ3) is 7.16. The Hall–Kier alpha value is 0.160. The number of nitrogens with two attached hydrogens (primary N) is 1. The Morgan fingerprint density at radius 3 is 2.41 bits per heavy atom. The highest BCUT2D eigenvalue weighted by atomic mass is 127. The number of halogens is 3. The van der Waals surface area contributed by atoms with Crippen LogP contribution in [0.25, 0.3) is 0 Å². The average Bonchev–Trinajstić information content (AvgIpc) is 3.37. The average molecular weight is 966 g/mol. The summed E-state index contributed by atoms with van der Waals surface area (Å²) in [6.45, 7) is 16.9. The third-order valence-electron chi connectivity index (χ3n) is 13.6. The highest BCUT2D eigenvalue weighted by molar-refractivity contribution is 14.1. The molecule has 0 bridgehead atoms. The first-order valence-corrected chi connectivity index (χ1v) is 21.5. The topological polar surface area (TPSA) is 52.3 Å². The van der Waals surface area contributed by atoms with Crippen molar-refractivity contribution in [3.05, 3.63) is 46.1 Å². The molecule has 0 amide bonds. The summed E-state index contributed by atoms with van der Waals surface area (Å²) >= 11 is 7.03. The predicted molar refractivity (Wildman–Crippen MR) is 218 cm³/mol. The maximum Gasteiger partial charge on any atom is 0.309 e. The van der Waals surface area contributed by atoms with Crippen molar-refractivity contribution in [1.29, 1.82) is 0 Å². The number of carbonyl (C=O) groups excluding carboxylic acids is 1. The molecule has 256 valence electrons. The Morgan fingerprint density at radius 1 is 1.00 bits per heavy atom. The van der Waals surface area contributed by atoms with Crippen LogP contribution < -0.4 is 5.73 Å². The van der Waals surface area contributed by atoms with Crippen molar-refractivity contribution in [2.24, 2.45) is 58.2 Å². The molecule has 6 heteroatoms. The molecule has 0 spiro atoms. The van der Waals surface area contributed by atoms with Crippen molar-refractivity contribution in [3.63, 3.8) is 0 Å². The van der Waals surface area contributed by atoms with Crippen LogP contribution in [0.2, 0.25) is 0 Å². The molecule has 10 atom stereocenters. The van der Waals surface area contributed by atoms with E-state index in [-0.39, 0.29) is 23.4 Å². The van der Waals surface area contributed by atoms with Crippen molar-refractivity contribution < 1.29 is 9.53 Å². The van der Waals surface area contributed by atoms with E-state index >= 15 is 0 Å². The molecule has 1 aromatic rings. The summed E-state index contributed by atoms with van der Waals surface area (Å²) in [7, 11) is 0. The van der Waals surface area contributed by atoms with Crippen LogP contribution in [-0.2, 0) is 16.0 Å². The Kier molecular flexibility index (Phi) is 12.3. The van der Waals surface area contributed by atoms with Crippen LogP contribution >= 0.6 is 67.8 Å². The molecule has 0 aliphatic heterocycles. The van der Waals surface area contributed by atoms with E-state index in [2.05, 4.69) is 141 Å². The zero-order valence-corrected chi connectivity index (χ0v) is 35.8. The van der Waals surface area contributed by atoms with Gasteiger partial charge in [0.15, 0.2) is 0 Å². The van der Waals surface area contributed by atoms with Gasteiger partial charge in [-0.05, 0) is 196 Å². The van der Waals surface area contributed by atoms with Crippen molar-refractivity contribution in [1.82, 2.24) is 0 Å². The minimum Gasteiger partial charge on any atom is -0.462 e. The number of nitrogen functional groups attached to an aromatic ring is 1. The normalized spacial score (nSPS) is 34.4. The first kappa shape index (κ1) is 37.4. The second-order valence-corrected chi connectivity index (χ2v) is 19.6. The van der Waals surface area contributed by atoms with Crippen molar-refractivity contribution >= 4 is 79.4 Å². The van der Waals surface area contributed by atoms with Crippen molar-refractivity contribution in [3.8, 4) is 0 Å². The van der Waals surface area contributed by atoms with Gasteiger partial charge in [-0.3, -0.25) is 4.79 Å². The number of esters is 1. The van der Waals surface area contributed by atoms with Crippen LogP contribution in [0.4, 0.5) is 5.69 Å².